The van der Waals surface area contributed by atoms with Gasteiger partial charge in [-0.1, -0.05) is 23.7 Å². The third-order valence-electron chi connectivity index (χ3n) is 2.32. The van der Waals surface area contributed by atoms with E-state index in [0.29, 0.717) is 6.42 Å². The Hall–Kier alpha value is -0.180. The van der Waals surface area contributed by atoms with Crippen LogP contribution in [0.4, 0.5) is 0 Å². The molecule has 0 bridgehead atoms. The summed E-state index contributed by atoms with van der Waals surface area (Å²) in [7, 11) is 0. The van der Waals surface area contributed by atoms with Crippen LogP contribution in [0.15, 0.2) is 27.2 Å². The lowest BCUT2D eigenvalue weighted by Crippen LogP contribution is -1.87. The molecule has 0 aliphatic heterocycles. The van der Waals surface area contributed by atoms with Gasteiger partial charge in [0.15, 0.2) is 0 Å². The number of rotatable bonds is 5. The Balaban J connectivity index is 2.92. The summed E-state index contributed by atoms with van der Waals surface area (Å²) >= 11 is 9.99. The van der Waals surface area contributed by atoms with Gasteiger partial charge < -0.3 is 0 Å². The predicted octanol–water partition coefficient (Wildman–Crippen LogP) is 5.50. The largest absolute Gasteiger partial charge is 0.198 e. The molecule has 1 aromatic carbocycles. The van der Waals surface area contributed by atoms with Gasteiger partial charge in [-0.05, 0) is 65.0 Å². The fourth-order valence-corrected chi connectivity index (χ4v) is 2.65. The maximum absolute atomic E-state index is 8.59. The molecule has 0 saturated heterocycles. The van der Waals surface area contributed by atoms with Crippen molar-refractivity contribution in [2.75, 3.05) is 6.26 Å². The maximum Gasteiger partial charge on any atom is 0.0621 e. The van der Waals surface area contributed by atoms with Gasteiger partial charge >= 0.3 is 0 Å². The number of allylic oxidation sites excluding steroid dienone is 1. The number of halogens is 2. The average Bonchev–Trinajstić information content (AvgIpc) is 2.35. The molecule has 0 saturated carbocycles. The molecule has 0 amide bonds. The van der Waals surface area contributed by atoms with Gasteiger partial charge in [-0.25, -0.2) is 0 Å². The zero-order chi connectivity index (χ0) is 12.7. The maximum atomic E-state index is 8.59. The topological polar surface area (TPSA) is 23.8 Å². The highest BCUT2D eigenvalue weighted by atomic mass is 127. The Morgan fingerprint density at radius 2 is 2.06 bits per heavy atom. The second kappa shape index (κ2) is 8.02. The molecule has 0 heterocycles. The minimum absolute atomic E-state index is 0.607. The molecule has 0 atom stereocenters. The van der Waals surface area contributed by atoms with Crippen LogP contribution in [-0.4, -0.2) is 6.26 Å². The fraction of sp³-hybridized carbons (Fsp3) is 0.308. The molecule has 17 heavy (non-hydrogen) atoms. The van der Waals surface area contributed by atoms with Crippen LogP contribution in [-0.2, 0) is 0 Å². The second-order valence-corrected chi connectivity index (χ2v) is 6.54. The Morgan fingerprint density at radius 1 is 1.41 bits per heavy atom. The van der Waals surface area contributed by atoms with Crippen molar-refractivity contribution >= 4 is 51.5 Å². The van der Waals surface area contributed by atoms with Crippen LogP contribution < -0.4 is 0 Å². The lowest BCUT2D eigenvalue weighted by Gasteiger charge is -2.09. The molecule has 1 nitrogen and oxygen atoms in total. The molecule has 0 N–H and O–H groups in total. The van der Waals surface area contributed by atoms with Crippen LogP contribution in [0.3, 0.4) is 0 Å². The molecule has 1 rings (SSSR count). The summed E-state index contributed by atoms with van der Waals surface area (Å²) < 4.78 is 1.28. The number of hydrogen-bond donors (Lipinski definition) is 0. The van der Waals surface area contributed by atoms with Crippen molar-refractivity contribution in [3.63, 3.8) is 0 Å². The van der Waals surface area contributed by atoms with E-state index in [4.69, 9.17) is 16.9 Å². The first-order valence-corrected chi connectivity index (χ1v) is 7.92. The average molecular weight is 378 g/mol. The predicted molar refractivity (Wildman–Crippen MR) is 85.4 cm³/mol. The minimum Gasteiger partial charge on any atom is -0.198 e. The summed E-state index contributed by atoms with van der Waals surface area (Å²) in [4.78, 5) is 0. The van der Waals surface area contributed by atoms with E-state index >= 15 is 0 Å². The van der Waals surface area contributed by atoms with Gasteiger partial charge in [-0.2, -0.15) is 5.26 Å². The monoisotopic (exact) mass is 377 g/mol. The molecular weight excluding hydrogens is 365 g/mol. The molecule has 0 aliphatic rings. The van der Waals surface area contributed by atoms with Crippen molar-refractivity contribution < 1.29 is 0 Å². The molecule has 0 unspecified atom stereocenters. The zero-order valence-electron chi connectivity index (χ0n) is 9.54. The van der Waals surface area contributed by atoms with Crippen molar-refractivity contribution in [2.45, 2.75) is 19.3 Å². The second-order valence-electron chi connectivity index (χ2n) is 3.47. The molecule has 0 aliphatic carbocycles. The zero-order valence-corrected chi connectivity index (χ0v) is 13.3. The normalized spacial score (nSPS) is 11.9. The number of nitriles is 1. The van der Waals surface area contributed by atoms with Crippen molar-refractivity contribution in [3.8, 4) is 6.07 Å². The first kappa shape index (κ1) is 14.9. The molecule has 0 fully saturated rings. The van der Waals surface area contributed by atoms with Crippen molar-refractivity contribution in [1.82, 2.24) is 0 Å². The quantitative estimate of drug-likeness (QED) is 0.499. The Bertz CT molecular complexity index is 434. The summed E-state index contributed by atoms with van der Waals surface area (Å²) in [6.45, 7) is 0. The molecule has 4 heteroatoms. The number of hydrogen-bond acceptors (Lipinski definition) is 2. The third-order valence-corrected chi connectivity index (χ3v) is 5.15. The Kier molecular flexibility index (Phi) is 7.02. The fourth-order valence-electron chi connectivity index (χ4n) is 1.47. The summed E-state index contributed by atoms with van der Waals surface area (Å²) in [6.07, 6.45) is 4.52. The van der Waals surface area contributed by atoms with E-state index in [0.717, 1.165) is 17.9 Å². The van der Waals surface area contributed by atoms with Crippen LogP contribution in [0, 0.1) is 11.3 Å². The van der Waals surface area contributed by atoms with Crippen LogP contribution in [0.2, 0.25) is 5.02 Å². The number of unbranched alkanes of at least 4 members (excludes halogenated alkanes) is 1. The van der Waals surface area contributed by atoms with E-state index in [-0.39, 0.29) is 0 Å². The van der Waals surface area contributed by atoms with Crippen LogP contribution in [0.1, 0.15) is 24.8 Å². The van der Waals surface area contributed by atoms with Gasteiger partial charge in [0, 0.05) is 14.4 Å². The minimum atomic E-state index is 0.607. The summed E-state index contributed by atoms with van der Waals surface area (Å²) in [6, 6.07) is 10.1. The number of nitrogens with zero attached hydrogens (tertiary/aromatic N) is 1. The van der Waals surface area contributed by atoms with Gasteiger partial charge in [-0.15, -0.1) is 11.8 Å². The highest BCUT2D eigenvalue weighted by Gasteiger charge is 2.06. The molecule has 90 valence electrons. The first-order chi connectivity index (χ1) is 8.19. The smallest absolute Gasteiger partial charge is 0.0621 e. The highest BCUT2D eigenvalue weighted by Crippen LogP contribution is 2.34. The van der Waals surface area contributed by atoms with E-state index in [2.05, 4.69) is 34.9 Å². The van der Waals surface area contributed by atoms with E-state index < -0.39 is 0 Å². The van der Waals surface area contributed by atoms with Crippen molar-refractivity contribution in [1.29, 1.82) is 5.26 Å². The van der Waals surface area contributed by atoms with E-state index in [1.807, 2.05) is 24.3 Å². The molecular formula is C13H13ClINS. The Labute approximate surface area is 125 Å². The summed E-state index contributed by atoms with van der Waals surface area (Å²) in [5.41, 5.74) is 2.51. The highest BCUT2D eigenvalue weighted by molar-refractivity contribution is 14.1. The molecule has 0 radical (unpaired) electrons. The van der Waals surface area contributed by atoms with Gasteiger partial charge in [0.05, 0.1) is 6.07 Å². The van der Waals surface area contributed by atoms with Crippen LogP contribution >= 0.6 is 46.0 Å². The van der Waals surface area contributed by atoms with Crippen molar-refractivity contribution in [3.05, 3.63) is 37.8 Å². The van der Waals surface area contributed by atoms with Gasteiger partial charge in [0.2, 0.25) is 0 Å². The Morgan fingerprint density at radius 3 is 2.59 bits per heavy atom. The SMILES string of the molecule is CS/C(I)=C(/CCCC#N)c1ccc(Cl)cc1. The van der Waals surface area contributed by atoms with E-state index in [1.165, 1.54) is 14.0 Å². The third kappa shape index (κ3) is 4.90. The summed E-state index contributed by atoms with van der Waals surface area (Å²) in [5, 5.41) is 9.35. The lowest BCUT2D eigenvalue weighted by atomic mass is 10.0. The number of benzene rings is 1. The van der Waals surface area contributed by atoms with Gasteiger partial charge in [0.1, 0.15) is 0 Å². The number of thioether (sulfide) groups is 1. The molecule has 0 spiro atoms. The summed E-state index contributed by atoms with van der Waals surface area (Å²) in [5.74, 6) is 0. The van der Waals surface area contributed by atoms with Gasteiger partial charge in [0.25, 0.3) is 0 Å². The van der Waals surface area contributed by atoms with E-state index in [9.17, 15) is 0 Å². The molecule has 1 aromatic rings. The van der Waals surface area contributed by atoms with Crippen molar-refractivity contribution in [2.24, 2.45) is 0 Å². The van der Waals surface area contributed by atoms with E-state index in [1.54, 1.807) is 11.8 Å². The van der Waals surface area contributed by atoms with Gasteiger partial charge in [-0.3, -0.25) is 0 Å². The standard InChI is InChI=1S/C13H13ClINS/c1-17-13(15)12(4-2-3-9-16)10-5-7-11(14)8-6-10/h5-8H,2-4H2,1H3/b13-12-. The van der Waals surface area contributed by atoms with Crippen LogP contribution in [0.25, 0.3) is 5.57 Å². The van der Waals surface area contributed by atoms with Crippen LogP contribution in [0.5, 0.6) is 0 Å². The lowest BCUT2D eigenvalue weighted by molar-refractivity contribution is 0.889. The molecule has 0 aromatic heterocycles. The first-order valence-electron chi connectivity index (χ1n) is 5.24.